The number of carbonyl (C=O) groups is 1. The minimum atomic E-state index is -0.184. The summed E-state index contributed by atoms with van der Waals surface area (Å²) in [4.78, 5) is 13.3. The molecule has 1 N–H and O–H groups in total. The average molecular weight is 312 g/mol. The quantitative estimate of drug-likeness (QED) is 0.760. The SMILES string of the molecule is O=C(NCCc1cccs1)c1cn(Cc2ccccc2)nn1. The summed E-state index contributed by atoms with van der Waals surface area (Å²) in [5.74, 6) is -0.184. The normalized spacial score (nSPS) is 10.5. The van der Waals surface area contributed by atoms with Gasteiger partial charge in [0.05, 0.1) is 12.7 Å². The number of nitrogens with one attached hydrogen (secondary N) is 1. The van der Waals surface area contributed by atoms with Gasteiger partial charge in [0.1, 0.15) is 0 Å². The number of rotatable bonds is 6. The van der Waals surface area contributed by atoms with Gasteiger partial charge in [-0.25, -0.2) is 4.68 Å². The van der Waals surface area contributed by atoms with Crippen molar-refractivity contribution >= 4 is 17.2 Å². The lowest BCUT2D eigenvalue weighted by Gasteiger charge is -2.01. The van der Waals surface area contributed by atoms with E-state index >= 15 is 0 Å². The Morgan fingerprint density at radius 1 is 1.18 bits per heavy atom. The first-order chi connectivity index (χ1) is 10.8. The second kappa shape index (κ2) is 7.00. The minimum absolute atomic E-state index is 0.184. The third-order valence-electron chi connectivity index (χ3n) is 3.20. The summed E-state index contributed by atoms with van der Waals surface area (Å²) < 4.78 is 1.67. The van der Waals surface area contributed by atoms with Gasteiger partial charge in [0.15, 0.2) is 5.69 Å². The lowest BCUT2D eigenvalue weighted by molar-refractivity contribution is 0.0949. The summed E-state index contributed by atoms with van der Waals surface area (Å²) in [5, 5.41) is 12.8. The highest BCUT2D eigenvalue weighted by Crippen LogP contribution is 2.08. The summed E-state index contributed by atoms with van der Waals surface area (Å²) in [5.41, 5.74) is 1.47. The van der Waals surface area contributed by atoms with Crippen molar-refractivity contribution in [2.75, 3.05) is 6.54 Å². The molecule has 0 unspecified atom stereocenters. The number of hydrogen-bond donors (Lipinski definition) is 1. The van der Waals surface area contributed by atoms with Gasteiger partial charge < -0.3 is 5.32 Å². The number of aromatic nitrogens is 3. The zero-order valence-electron chi connectivity index (χ0n) is 12.0. The molecule has 0 spiro atoms. The Balaban J connectivity index is 1.53. The van der Waals surface area contributed by atoms with Crippen LogP contribution in [0.2, 0.25) is 0 Å². The molecule has 0 radical (unpaired) electrons. The number of carbonyl (C=O) groups excluding carboxylic acids is 1. The topological polar surface area (TPSA) is 59.8 Å². The Morgan fingerprint density at radius 2 is 2.05 bits per heavy atom. The van der Waals surface area contributed by atoms with Gasteiger partial charge in [0.2, 0.25) is 0 Å². The number of benzene rings is 1. The van der Waals surface area contributed by atoms with Crippen molar-refractivity contribution < 1.29 is 4.79 Å². The molecule has 6 heteroatoms. The molecule has 0 aliphatic rings. The van der Waals surface area contributed by atoms with Gasteiger partial charge in [-0.05, 0) is 23.4 Å². The summed E-state index contributed by atoms with van der Waals surface area (Å²) in [6.45, 7) is 1.21. The molecule has 0 fully saturated rings. The summed E-state index contributed by atoms with van der Waals surface area (Å²) >= 11 is 1.69. The molecule has 1 aromatic carbocycles. The van der Waals surface area contributed by atoms with Crippen LogP contribution in [0.25, 0.3) is 0 Å². The molecule has 1 amide bonds. The predicted molar refractivity (Wildman–Crippen MR) is 85.9 cm³/mol. The smallest absolute Gasteiger partial charge is 0.273 e. The van der Waals surface area contributed by atoms with E-state index in [4.69, 9.17) is 0 Å². The first kappa shape index (κ1) is 14.5. The average Bonchev–Trinajstić information content (AvgIpc) is 3.20. The van der Waals surface area contributed by atoms with Gasteiger partial charge in [-0.2, -0.15) is 0 Å². The zero-order valence-corrected chi connectivity index (χ0v) is 12.8. The van der Waals surface area contributed by atoms with Crippen LogP contribution < -0.4 is 5.32 Å². The van der Waals surface area contributed by atoms with Crippen LogP contribution in [0.15, 0.2) is 54.0 Å². The number of nitrogens with zero attached hydrogens (tertiary/aromatic N) is 3. The van der Waals surface area contributed by atoms with Crippen molar-refractivity contribution in [2.45, 2.75) is 13.0 Å². The first-order valence-electron chi connectivity index (χ1n) is 7.06. The third kappa shape index (κ3) is 3.79. The molecular formula is C16H16N4OS. The summed E-state index contributed by atoms with van der Waals surface area (Å²) in [6.07, 6.45) is 2.51. The van der Waals surface area contributed by atoms with Crippen LogP contribution in [0.3, 0.4) is 0 Å². The third-order valence-corrected chi connectivity index (χ3v) is 4.13. The van der Waals surface area contributed by atoms with E-state index in [2.05, 4.69) is 21.7 Å². The Kier molecular flexibility index (Phi) is 4.60. The Labute approximate surface area is 132 Å². The zero-order chi connectivity index (χ0) is 15.2. The molecule has 2 heterocycles. The largest absolute Gasteiger partial charge is 0.350 e. The highest BCUT2D eigenvalue weighted by molar-refractivity contribution is 7.09. The van der Waals surface area contributed by atoms with Crippen molar-refractivity contribution in [3.8, 4) is 0 Å². The Hall–Kier alpha value is -2.47. The van der Waals surface area contributed by atoms with Gasteiger partial charge in [-0.3, -0.25) is 4.79 Å². The minimum Gasteiger partial charge on any atom is -0.350 e. The molecule has 0 bridgehead atoms. The van der Waals surface area contributed by atoms with E-state index in [-0.39, 0.29) is 5.91 Å². The molecule has 0 atom stereocenters. The van der Waals surface area contributed by atoms with Crippen molar-refractivity contribution in [1.82, 2.24) is 20.3 Å². The van der Waals surface area contributed by atoms with Crippen LogP contribution in [-0.2, 0) is 13.0 Å². The molecule has 0 aliphatic heterocycles. The predicted octanol–water partition coefficient (Wildman–Crippen LogP) is 2.36. The fourth-order valence-electron chi connectivity index (χ4n) is 2.09. The van der Waals surface area contributed by atoms with E-state index in [1.807, 2.05) is 41.8 Å². The van der Waals surface area contributed by atoms with Crippen LogP contribution in [-0.4, -0.2) is 27.4 Å². The molecule has 3 aromatic rings. The van der Waals surface area contributed by atoms with Gasteiger partial charge >= 0.3 is 0 Å². The standard InChI is InChI=1S/C16H16N4OS/c21-16(17-9-8-14-7-4-10-22-14)15-12-20(19-18-15)11-13-5-2-1-3-6-13/h1-7,10,12H,8-9,11H2,(H,17,21). The fourth-order valence-corrected chi connectivity index (χ4v) is 2.80. The highest BCUT2D eigenvalue weighted by Gasteiger charge is 2.10. The fraction of sp³-hybridized carbons (Fsp3) is 0.188. The van der Waals surface area contributed by atoms with E-state index in [1.54, 1.807) is 22.2 Å². The van der Waals surface area contributed by atoms with Gasteiger partial charge in [-0.15, -0.1) is 16.4 Å². The van der Waals surface area contributed by atoms with E-state index in [0.29, 0.717) is 18.8 Å². The van der Waals surface area contributed by atoms with E-state index in [9.17, 15) is 4.79 Å². The molecule has 0 saturated carbocycles. The number of thiophene rings is 1. The Morgan fingerprint density at radius 3 is 2.82 bits per heavy atom. The lowest BCUT2D eigenvalue weighted by atomic mass is 10.2. The monoisotopic (exact) mass is 312 g/mol. The maximum Gasteiger partial charge on any atom is 0.273 e. The van der Waals surface area contributed by atoms with Crippen molar-refractivity contribution in [2.24, 2.45) is 0 Å². The van der Waals surface area contributed by atoms with Gasteiger partial charge in [0.25, 0.3) is 5.91 Å². The van der Waals surface area contributed by atoms with E-state index in [0.717, 1.165) is 12.0 Å². The van der Waals surface area contributed by atoms with Crippen molar-refractivity contribution in [3.05, 3.63) is 70.2 Å². The van der Waals surface area contributed by atoms with Gasteiger partial charge in [0, 0.05) is 11.4 Å². The highest BCUT2D eigenvalue weighted by atomic mass is 32.1. The first-order valence-corrected chi connectivity index (χ1v) is 7.94. The molecule has 22 heavy (non-hydrogen) atoms. The molecule has 112 valence electrons. The van der Waals surface area contributed by atoms with Crippen LogP contribution in [0, 0.1) is 0 Å². The number of amides is 1. The molecule has 0 saturated heterocycles. The second-order valence-electron chi connectivity index (χ2n) is 4.87. The van der Waals surface area contributed by atoms with Crippen LogP contribution in [0.4, 0.5) is 0 Å². The maximum absolute atomic E-state index is 12.0. The molecule has 5 nitrogen and oxygen atoms in total. The summed E-state index contributed by atoms with van der Waals surface area (Å²) in [6, 6.07) is 14.0. The van der Waals surface area contributed by atoms with Crippen LogP contribution in [0.5, 0.6) is 0 Å². The lowest BCUT2D eigenvalue weighted by Crippen LogP contribution is -2.25. The summed E-state index contributed by atoms with van der Waals surface area (Å²) in [7, 11) is 0. The maximum atomic E-state index is 12.0. The van der Waals surface area contributed by atoms with Gasteiger partial charge in [-0.1, -0.05) is 41.6 Å². The van der Waals surface area contributed by atoms with E-state index in [1.165, 1.54) is 4.88 Å². The van der Waals surface area contributed by atoms with E-state index < -0.39 is 0 Å². The Bertz CT molecular complexity index is 722. The molecular weight excluding hydrogens is 296 g/mol. The second-order valence-corrected chi connectivity index (χ2v) is 5.90. The van der Waals surface area contributed by atoms with Crippen LogP contribution in [0.1, 0.15) is 20.9 Å². The molecule has 3 rings (SSSR count). The van der Waals surface area contributed by atoms with Crippen LogP contribution >= 0.6 is 11.3 Å². The number of hydrogen-bond acceptors (Lipinski definition) is 4. The van der Waals surface area contributed by atoms with Crippen molar-refractivity contribution in [3.63, 3.8) is 0 Å². The molecule has 2 aromatic heterocycles. The molecule has 0 aliphatic carbocycles. The van der Waals surface area contributed by atoms with Crippen molar-refractivity contribution in [1.29, 1.82) is 0 Å².